The highest BCUT2D eigenvalue weighted by atomic mass is 19.4. The van der Waals surface area contributed by atoms with Crippen LogP contribution in [0.2, 0.25) is 0 Å². The third-order valence-electron chi connectivity index (χ3n) is 5.04. The number of hydrogen-bond donors (Lipinski definition) is 1. The van der Waals surface area contributed by atoms with Crippen molar-refractivity contribution in [3.63, 3.8) is 0 Å². The van der Waals surface area contributed by atoms with E-state index in [-0.39, 0.29) is 12.8 Å². The summed E-state index contributed by atoms with van der Waals surface area (Å²) in [6, 6.07) is 2.91. The molecule has 0 bridgehead atoms. The number of nitrogens with one attached hydrogen (secondary N) is 1. The van der Waals surface area contributed by atoms with Crippen molar-refractivity contribution < 1.29 is 13.2 Å². The van der Waals surface area contributed by atoms with E-state index in [1.807, 2.05) is 0 Å². The average molecular weight is 301 g/mol. The summed E-state index contributed by atoms with van der Waals surface area (Å²) in [7, 11) is 0. The van der Waals surface area contributed by atoms with Gasteiger partial charge in [0.05, 0.1) is 12.0 Å². The molecule has 1 aliphatic heterocycles. The maximum absolute atomic E-state index is 12.7. The van der Waals surface area contributed by atoms with Crippen molar-refractivity contribution in [3.8, 4) is 6.07 Å². The first-order chi connectivity index (χ1) is 9.93. The predicted molar refractivity (Wildman–Crippen MR) is 72.4 cm³/mol. The summed E-state index contributed by atoms with van der Waals surface area (Å²) in [6.07, 6.45) is 0.622. The molecule has 0 aromatic heterocycles. The summed E-state index contributed by atoms with van der Waals surface area (Å²) in [6.45, 7) is 1.48. The molecular weight excluding hydrogens is 279 g/mol. The van der Waals surface area contributed by atoms with Crippen LogP contribution in [-0.4, -0.2) is 42.3 Å². The van der Waals surface area contributed by atoms with Gasteiger partial charge in [0.1, 0.15) is 5.54 Å². The molecule has 3 rings (SSSR count). The molecule has 0 spiro atoms. The van der Waals surface area contributed by atoms with Crippen molar-refractivity contribution in [2.75, 3.05) is 19.6 Å². The first kappa shape index (κ1) is 15.1. The van der Waals surface area contributed by atoms with E-state index in [2.05, 4.69) is 16.3 Å². The largest absolute Gasteiger partial charge is 0.391 e. The van der Waals surface area contributed by atoms with Crippen molar-refractivity contribution >= 4 is 0 Å². The topological polar surface area (TPSA) is 39.1 Å². The summed E-state index contributed by atoms with van der Waals surface area (Å²) in [4.78, 5) is 2.05. The molecule has 1 atom stereocenters. The lowest BCUT2D eigenvalue weighted by atomic mass is 9.90. The zero-order valence-corrected chi connectivity index (χ0v) is 12.1. The van der Waals surface area contributed by atoms with E-state index in [9.17, 15) is 18.4 Å². The molecule has 0 amide bonds. The van der Waals surface area contributed by atoms with Gasteiger partial charge in [0.25, 0.3) is 0 Å². The normalized spacial score (nSPS) is 28.1. The molecule has 0 radical (unpaired) electrons. The zero-order chi connectivity index (χ0) is 15.1. The molecule has 1 heterocycles. The molecule has 2 saturated carbocycles. The van der Waals surface area contributed by atoms with Gasteiger partial charge in [0, 0.05) is 12.6 Å². The van der Waals surface area contributed by atoms with Gasteiger partial charge in [-0.3, -0.25) is 5.32 Å². The molecule has 0 aromatic rings. The van der Waals surface area contributed by atoms with E-state index in [0.717, 1.165) is 25.7 Å². The SMILES string of the molecule is N#CC(CN1CCC(C(F)(F)F)CC1)(NC1CC1)C1CC1. The van der Waals surface area contributed by atoms with Crippen LogP contribution in [0.15, 0.2) is 0 Å². The van der Waals surface area contributed by atoms with Crippen molar-refractivity contribution in [1.82, 2.24) is 10.2 Å². The second kappa shape index (κ2) is 5.44. The first-order valence-corrected chi connectivity index (χ1v) is 7.91. The Morgan fingerprint density at radius 1 is 1.00 bits per heavy atom. The molecule has 3 fully saturated rings. The van der Waals surface area contributed by atoms with Crippen LogP contribution < -0.4 is 5.32 Å². The molecule has 21 heavy (non-hydrogen) atoms. The second-order valence-corrected chi connectivity index (χ2v) is 6.87. The molecule has 1 unspecified atom stereocenters. The Bertz CT molecular complexity index is 415. The summed E-state index contributed by atoms with van der Waals surface area (Å²) in [5, 5.41) is 13.1. The summed E-state index contributed by atoms with van der Waals surface area (Å²) in [5.74, 6) is -0.786. The van der Waals surface area contributed by atoms with Crippen LogP contribution in [0.1, 0.15) is 38.5 Å². The number of likely N-dealkylation sites (tertiary alicyclic amines) is 1. The van der Waals surface area contributed by atoms with Crippen LogP contribution in [-0.2, 0) is 0 Å². The van der Waals surface area contributed by atoms with Gasteiger partial charge in [-0.2, -0.15) is 18.4 Å². The highest BCUT2D eigenvalue weighted by molar-refractivity contribution is 5.18. The lowest BCUT2D eigenvalue weighted by Crippen LogP contribution is -2.56. The van der Waals surface area contributed by atoms with Crippen molar-refractivity contribution in [2.45, 2.75) is 56.3 Å². The van der Waals surface area contributed by atoms with Gasteiger partial charge in [-0.1, -0.05) is 0 Å². The number of alkyl halides is 3. The molecule has 6 heteroatoms. The predicted octanol–water partition coefficient (Wildman–Crippen LogP) is 2.69. The Morgan fingerprint density at radius 3 is 2.05 bits per heavy atom. The standard InChI is InChI=1S/C15H22F3N3/c16-15(17,18)12-5-7-21(8-6-12)10-14(9-19,11-1-2-11)20-13-3-4-13/h11-13,20H,1-8,10H2. The lowest BCUT2D eigenvalue weighted by molar-refractivity contribution is -0.185. The Kier molecular flexibility index (Phi) is 3.91. The number of nitrogens with zero attached hydrogens (tertiary/aromatic N) is 2. The van der Waals surface area contributed by atoms with Gasteiger partial charge in [0.15, 0.2) is 0 Å². The highest BCUT2D eigenvalue weighted by Gasteiger charge is 2.50. The summed E-state index contributed by atoms with van der Waals surface area (Å²) >= 11 is 0. The summed E-state index contributed by atoms with van der Waals surface area (Å²) in [5.41, 5.74) is -0.535. The van der Waals surface area contributed by atoms with Crippen LogP contribution in [0.5, 0.6) is 0 Å². The minimum atomic E-state index is -4.07. The molecule has 3 aliphatic rings. The Balaban J connectivity index is 1.58. The summed E-state index contributed by atoms with van der Waals surface area (Å²) < 4.78 is 38.1. The fourth-order valence-electron chi connectivity index (χ4n) is 3.39. The van der Waals surface area contributed by atoms with Crippen LogP contribution in [0.3, 0.4) is 0 Å². The molecule has 0 aromatic carbocycles. The van der Waals surface area contributed by atoms with Crippen molar-refractivity contribution in [2.24, 2.45) is 11.8 Å². The Morgan fingerprint density at radius 2 is 1.62 bits per heavy atom. The molecule has 1 N–H and O–H groups in total. The smallest absolute Gasteiger partial charge is 0.300 e. The first-order valence-electron chi connectivity index (χ1n) is 7.91. The van der Waals surface area contributed by atoms with Gasteiger partial charge in [-0.15, -0.1) is 0 Å². The van der Waals surface area contributed by atoms with Gasteiger partial charge in [-0.05, 0) is 57.5 Å². The lowest BCUT2D eigenvalue weighted by Gasteiger charge is -2.38. The second-order valence-electron chi connectivity index (χ2n) is 6.87. The monoisotopic (exact) mass is 301 g/mol. The molecule has 2 aliphatic carbocycles. The van der Waals surface area contributed by atoms with Crippen molar-refractivity contribution in [3.05, 3.63) is 0 Å². The Labute approximate surface area is 123 Å². The minimum Gasteiger partial charge on any atom is -0.300 e. The van der Waals surface area contributed by atoms with E-state index >= 15 is 0 Å². The fourth-order valence-corrected chi connectivity index (χ4v) is 3.39. The van der Waals surface area contributed by atoms with Gasteiger partial charge in [-0.25, -0.2) is 0 Å². The van der Waals surface area contributed by atoms with E-state index in [1.165, 1.54) is 0 Å². The third-order valence-corrected chi connectivity index (χ3v) is 5.04. The van der Waals surface area contributed by atoms with Gasteiger partial charge in [0.2, 0.25) is 0 Å². The number of piperidine rings is 1. The maximum atomic E-state index is 12.7. The molecule has 3 nitrogen and oxygen atoms in total. The molecular formula is C15H22F3N3. The molecule has 1 saturated heterocycles. The fraction of sp³-hybridized carbons (Fsp3) is 0.933. The van der Waals surface area contributed by atoms with E-state index in [4.69, 9.17) is 0 Å². The number of halogens is 3. The van der Waals surface area contributed by atoms with Gasteiger partial charge >= 0.3 is 6.18 Å². The minimum absolute atomic E-state index is 0.166. The zero-order valence-electron chi connectivity index (χ0n) is 12.1. The number of rotatable bonds is 5. The Hall–Kier alpha value is -0.800. The third kappa shape index (κ3) is 3.51. The average Bonchev–Trinajstić information content (AvgIpc) is 3.30. The number of nitriles is 1. The van der Waals surface area contributed by atoms with Crippen LogP contribution in [0.25, 0.3) is 0 Å². The van der Waals surface area contributed by atoms with E-state index < -0.39 is 17.6 Å². The van der Waals surface area contributed by atoms with Crippen LogP contribution >= 0.6 is 0 Å². The quantitative estimate of drug-likeness (QED) is 0.848. The molecule has 118 valence electrons. The van der Waals surface area contributed by atoms with Gasteiger partial charge < -0.3 is 4.90 Å². The van der Waals surface area contributed by atoms with E-state index in [1.54, 1.807) is 0 Å². The van der Waals surface area contributed by atoms with E-state index in [0.29, 0.717) is 31.6 Å². The highest BCUT2D eigenvalue weighted by Crippen LogP contribution is 2.42. The van der Waals surface area contributed by atoms with Crippen LogP contribution in [0.4, 0.5) is 13.2 Å². The maximum Gasteiger partial charge on any atom is 0.391 e. The van der Waals surface area contributed by atoms with Crippen molar-refractivity contribution in [1.29, 1.82) is 5.26 Å². The van der Waals surface area contributed by atoms with Crippen LogP contribution in [0, 0.1) is 23.2 Å². The number of hydrogen-bond acceptors (Lipinski definition) is 3.